The molecule has 0 radical (unpaired) electrons. The molecule has 1 aromatic carbocycles. The average molecular weight is 375 g/mol. The zero-order valence-electron chi connectivity index (χ0n) is 16.5. The third-order valence-electron chi connectivity index (χ3n) is 3.91. The van der Waals surface area contributed by atoms with Crippen LogP contribution in [0.15, 0.2) is 27.4 Å². The SMILES string of the molecule is CC[C@H](NC(=O)OC(C)(C)C)C(=O)Oc1ccc2c(C)cc(=O)oc2c1C. The number of ether oxygens (including phenoxy) is 2. The topological polar surface area (TPSA) is 94.8 Å². The zero-order chi connectivity index (χ0) is 20.4. The molecule has 0 bridgehead atoms. The van der Waals surface area contributed by atoms with E-state index in [0.717, 1.165) is 10.9 Å². The standard InChI is InChI=1S/C20H25NO6/c1-7-14(21-19(24)27-20(4,5)6)18(23)25-15-9-8-13-11(2)10-16(22)26-17(13)12(15)3/h8-10,14H,7H2,1-6H3,(H,21,24)/t14-/m0/s1. The number of hydrogen-bond acceptors (Lipinski definition) is 6. The van der Waals surface area contributed by atoms with Gasteiger partial charge >= 0.3 is 17.7 Å². The number of carbonyl (C=O) groups is 2. The fourth-order valence-electron chi connectivity index (χ4n) is 2.57. The predicted octanol–water partition coefficient (Wildman–Crippen LogP) is 3.62. The van der Waals surface area contributed by atoms with Crippen LogP contribution in [0.2, 0.25) is 0 Å². The van der Waals surface area contributed by atoms with Crippen LogP contribution in [0, 0.1) is 13.8 Å². The molecule has 1 N–H and O–H groups in total. The summed E-state index contributed by atoms with van der Waals surface area (Å²) in [7, 11) is 0. The first-order valence-corrected chi connectivity index (χ1v) is 8.77. The molecule has 0 aliphatic rings. The molecule has 2 aromatic rings. The molecule has 0 saturated heterocycles. The van der Waals surface area contributed by atoms with Gasteiger partial charge < -0.3 is 19.2 Å². The summed E-state index contributed by atoms with van der Waals surface area (Å²) >= 11 is 0. The Hall–Kier alpha value is -2.83. The van der Waals surface area contributed by atoms with Crippen LogP contribution in [0.1, 0.15) is 45.2 Å². The second-order valence-electron chi connectivity index (χ2n) is 7.34. The Bertz CT molecular complexity index is 922. The number of benzene rings is 1. The minimum absolute atomic E-state index is 0.269. The van der Waals surface area contributed by atoms with Gasteiger partial charge in [0.15, 0.2) is 0 Å². The Morgan fingerprint density at radius 3 is 2.48 bits per heavy atom. The highest BCUT2D eigenvalue weighted by Gasteiger charge is 2.25. The molecule has 0 spiro atoms. The summed E-state index contributed by atoms with van der Waals surface area (Å²) in [5.41, 5.74) is 0.549. The lowest BCUT2D eigenvalue weighted by Crippen LogP contribution is -2.44. The van der Waals surface area contributed by atoms with E-state index in [2.05, 4.69) is 5.32 Å². The molecular formula is C20H25NO6. The first-order valence-electron chi connectivity index (χ1n) is 8.77. The summed E-state index contributed by atoms with van der Waals surface area (Å²) in [5, 5.41) is 3.28. The number of aryl methyl sites for hydroxylation is 2. The van der Waals surface area contributed by atoms with Gasteiger partial charge in [0.1, 0.15) is 23.0 Å². The third kappa shape index (κ3) is 5.09. The molecule has 1 aromatic heterocycles. The van der Waals surface area contributed by atoms with Crippen molar-refractivity contribution < 1.29 is 23.5 Å². The monoisotopic (exact) mass is 375 g/mol. The molecule has 0 aliphatic heterocycles. The summed E-state index contributed by atoms with van der Waals surface area (Å²) in [4.78, 5) is 36.0. The highest BCUT2D eigenvalue weighted by Crippen LogP contribution is 2.28. The largest absolute Gasteiger partial charge is 0.444 e. The van der Waals surface area contributed by atoms with Crippen molar-refractivity contribution in [2.75, 3.05) is 0 Å². The Labute approximate surface area is 157 Å². The van der Waals surface area contributed by atoms with E-state index in [-0.39, 0.29) is 5.75 Å². The van der Waals surface area contributed by atoms with Crippen LogP contribution >= 0.6 is 0 Å². The number of esters is 1. The molecule has 2 rings (SSSR count). The van der Waals surface area contributed by atoms with Gasteiger partial charge in [0, 0.05) is 17.0 Å². The van der Waals surface area contributed by atoms with Crippen molar-refractivity contribution in [1.82, 2.24) is 5.32 Å². The number of nitrogens with one attached hydrogen (secondary N) is 1. The fraction of sp³-hybridized carbons (Fsp3) is 0.450. The molecule has 7 nitrogen and oxygen atoms in total. The van der Waals surface area contributed by atoms with Gasteiger partial charge in [-0.1, -0.05) is 6.92 Å². The maximum absolute atomic E-state index is 12.5. The molecule has 1 amide bonds. The predicted molar refractivity (Wildman–Crippen MR) is 101 cm³/mol. The van der Waals surface area contributed by atoms with Gasteiger partial charge in [-0.3, -0.25) is 0 Å². The first kappa shape index (κ1) is 20.5. The summed E-state index contributed by atoms with van der Waals surface area (Å²) in [6.07, 6.45) is -0.359. The average Bonchev–Trinajstić information content (AvgIpc) is 2.53. The van der Waals surface area contributed by atoms with Crippen molar-refractivity contribution in [2.24, 2.45) is 0 Å². The summed E-state index contributed by atoms with van der Waals surface area (Å²) in [5.74, 6) is -0.355. The minimum Gasteiger partial charge on any atom is -0.444 e. The van der Waals surface area contributed by atoms with Crippen LogP contribution in [0.25, 0.3) is 11.0 Å². The summed E-state index contributed by atoms with van der Waals surface area (Å²) < 4.78 is 15.9. The van der Waals surface area contributed by atoms with E-state index in [1.165, 1.54) is 6.07 Å². The normalized spacial score (nSPS) is 12.5. The molecule has 27 heavy (non-hydrogen) atoms. The van der Waals surface area contributed by atoms with Gasteiger partial charge in [0.2, 0.25) is 0 Å². The summed E-state index contributed by atoms with van der Waals surface area (Å²) in [6.45, 7) is 10.5. The number of hydrogen-bond donors (Lipinski definition) is 1. The van der Waals surface area contributed by atoms with Crippen molar-refractivity contribution in [3.8, 4) is 5.75 Å². The minimum atomic E-state index is -0.862. The molecular weight excluding hydrogens is 350 g/mol. The highest BCUT2D eigenvalue weighted by molar-refractivity contribution is 5.87. The van der Waals surface area contributed by atoms with Crippen LogP contribution < -0.4 is 15.7 Å². The first-order chi connectivity index (χ1) is 12.5. The van der Waals surface area contributed by atoms with E-state index in [4.69, 9.17) is 13.9 Å². The number of alkyl carbamates (subject to hydrolysis) is 1. The van der Waals surface area contributed by atoms with Crippen LogP contribution in [0.5, 0.6) is 5.75 Å². The Balaban J connectivity index is 2.22. The van der Waals surface area contributed by atoms with Crippen molar-refractivity contribution in [2.45, 2.75) is 59.6 Å². The molecule has 1 heterocycles. The molecule has 0 unspecified atom stereocenters. The molecule has 0 fully saturated rings. The van der Waals surface area contributed by atoms with Gasteiger partial charge in [-0.2, -0.15) is 0 Å². The maximum Gasteiger partial charge on any atom is 0.408 e. The van der Waals surface area contributed by atoms with Crippen molar-refractivity contribution in [3.63, 3.8) is 0 Å². The fourth-order valence-corrected chi connectivity index (χ4v) is 2.57. The van der Waals surface area contributed by atoms with Crippen LogP contribution in [0.4, 0.5) is 4.79 Å². The molecule has 146 valence electrons. The Morgan fingerprint density at radius 2 is 1.89 bits per heavy atom. The Kier molecular flexibility index (Phi) is 5.93. The van der Waals surface area contributed by atoms with Gasteiger partial charge in [-0.25, -0.2) is 14.4 Å². The lowest BCUT2D eigenvalue weighted by Gasteiger charge is -2.22. The van der Waals surface area contributed by atoms with Crippen LogP contribution in [-0.2, 0) is 9.53 Å². The van der Waals surface area contributed by atoms with Gasteiger partial charge in [0.25, 0.3) is 0 Å². The van der Waals surface area contributed by atoms with Crippen LogP contribution in [0.3, 0.4) is 0 Å². The van der Waals surface area contributed by atoms with Gasteiger partial charge in [-0.15, -0.1) is 0 Å². The lowest BCUT2D eigenvalue weighted by molar-refractivity contribution is -0.136. The number of fused-ring (bicyclic) bond motifs is 1. The van der Waals surface area contributed by atoms with Crippen LogP contribution in [-0.4, -0.2) is 23.7 Å². The van der Waals surface area contributed by atoms with Crippen molar-refractivity contribution >= 4 is 23.0 Å². The summed E-state index contributed by atoms with van der Waals surface area (Å²) in [6, 6.07) is 3.92. The lowest BCUT2D eigenvalue weighted by atomic mass is 10.1. The van der Waals surface area contributed by atoms with Gasteiger partial charge in [0.05, 0.1) is 0 Å². The quantitative estimate of drug-likeness (QED) is 0.498. The van der Waals surface area contributed by atoms with E-state index in [0.29, 0.717) is 17.6 Å². The van der Waals surface area contributed by atoms with E-state index in [9.17, 15) is 14.4 Å². The van der Waals surface area contributed by atoms with E-state index in [1.807, 2.05) is 6.92 Å². The molecule has 0 aliphatic carbocycles. The smallest absolute Gasteiger partial charge is 0.408 e. The molecule has 1 atom stereocenters. The number of amides is 1. The van der Waals surface area contributed by atoms with E-state index in [1.54, 1.807) is 46.8 Å². The maximum atomic E-state index is 12.5. The third-order valence-corrected chi connectivity index (χ3v) is 3.91. The molecule has 7 heteroatoms. The van der Waals surface area contributed by atoms with Crippen molar-refractivity contribution in [3.05, 3.63) is 39.7 Å². The van der Waals surface area contributed by atoms with E-state index < -0.39 is 29.3 Å². The zero-order valence-corrected chi connectivity index (χ0v) is 16.5. The molecule has 0 saturated carbocycles. The van der Waals surface area contributed by atoms with Gasteiger partial charge in [-0.05, 0) is 58.7 Å². The second-order valence-corrected chi connectivity index (χ2v) is 7.34. The van der Waals surface area contributed by atoms with E-state index >= 15 is 0 Å². The highest BCUT2D eigenvalue weighted by atomic mass is 16.6. The second kappa shape index (κ2) is 7.82. The number of rotatable bonds is 4. The number of carbonyl (C=O) groups excluding carboxylic acids is 2. The Morgan fingerprint density at radius 1 is 1.22 bits per heavy atom. The van der Waals surface area contributed by atoms with Crippen molar-refractivity contribution in [1.29, 1.82) is 0 Å².